The number of ether oxygens (including phenoxy) is 1. The van der Waals surface area contributed by atoms with Crippen molar-refractivity contribution in [1.82, 2.24) is 10.1 Å². The van der Waals surface area contributed by atoms with Gasteiger partial charge in [-0.05, 0) is 18.1 Å². The molecule has 0 aliphatic carbocycles. The standard InChI is InChI=1S/C13H15Cl2N3O2/c1-6(2)11(19-3)12-17-13(20-18-12)8-4-7(14)5-9(15)10(8)16/h4-6,11H,16H2,1-3H3. The number of anilines is 1. The van der Waals surface area contributed by atoms with Crippen LogP contribution < -0.4 is 5.73 Å². The first-order valence-corrected chi connectivity index (χ1v) is 6.81. The number of methoxy groups -OCH3 is 1. The number of nitrogens with two attached hydrogens (primary N) is 1. The van der Waals surface area contributed by atoms with E-state index in [1.54, 1.807) is 19.2 Å². The molecule has 0 amide bonds. The summed E-state index contributed by atoms with van der Waals surface area (Å²) >= 11 is 12.0. The molecule has 0 bridgehead atoms. The molecule has 0 saturated heterocycles. The Kier molecular flexibility index (Phi) is 4.52. The molecule has 108 valence electrons. The van der Waals surface area contributed by atoms with Gasteiger partial charge in [0.05, 0.1) is 16.3 Å². The Morgan fingerprint density at radius 3 is 2.60 bits per heavy atom. The highest BCUT2D eigenvalue weighted by Crippen LogP contribution is 2.35. The minimum Gasteiger partial charge on any atom is -0.397 e. The van der Waals surface area contributed by atoms with Gasteiger partial charge in [0.2, 0.25) is 5.82 Å². The van der Waals surface area contributed by atoms with Gasteiger partial charge >= 0.3 is 0 Å². The van der Waals surface area contributed by atoms with Crippen molar-refractivity contribution in [3.05, 3.63) is 28.0 Å². The Morgan fingerprint density at radius 2 is 2.00 bits per heavy atom. The van der Waals surface area contributed by atoms with Crippen molar-refractivity contribution < 1.29 is 9.26 Å². The fraction of sp³-hybridized carbons (Fsp3) is 0.385. The summed E-state index contributed by atoms with van der Waals surface area (Å²) in [5.41, 5.74) is 6.78. The highest BCUT2D eigenvalue weighted by atomic mass is 35.5. The van der Waals surface area contributed by atoms with Crippen LogP contribution in [0.1, 0.15) is 25.8 Å². The van der Waals surface area contributed by atoms with Gasteiger partial charge in [0.25, 0.3) is 5.89 Å². The molecule has 2 aromatic rings. The zero-order valence-electron chi connectivity index (χ0n) is 11.4. The van der Waals surface area contributed by atoms with E-state index in [4.69, 9.17) is 38.2 Å². The van der Waals surface area contributed by atoms with E-state index in [-0.39, 0.29) is 17.9 Å². The zero-order valence-corrected chi connectivity index (χ0v) is 12.9. The summed E-state index contributed by atoms with van der Waals surface area (Å²) in [7, 11) is 1.60. The summed E-state index contributed by atoms with van der Waals surface area (Å²) in [5, 5.41) is 4.73. The van der Waals surface area contributed by atoms with Gasteiger partial charge in [0.15, 0.2) is 0 Å². The smallest absolute Gasteiger partial charge is 0.260 e. The molecule has 0 aliphatic heterocycles. The average Bonchev–Trinajstić information content (AvgIpc) is 2.83. The van der Waals surface area contributed by atoms with Crippen molar-refractivity contribution in [2.75, 3.05) is 12.8 Å². The molecule has 2 N–H and O–H groups in total. The second-order valence-corrected chi connectivity index (χ2v) is 5.55. The SMILES string of the molecule is COC(c1noc(-c2cc(Cl)cc(Cl)c2N)n1)C(C)C. The maximum absolute atomic E-state index is 5.99. The molecule has 1 aromatic heterocycles. The van der Waals surface area contributed by atoms with Gasteiger partial charge in [0.1, 0.15) is 6.10 Å². The van der Waals surface area contributed by atoms with E-state index in [0.717, 1.165) is 0 Å². The van der Waals surface area contributed by atoms with E-state index in [2.05, 4.69) is 10.1 Å². The van der Waals surface area contributed by atoms with Crippen LogP contribution in [0.25, 0.3) is 11.5 Å². The van der Waals surface area contributed by atoms with Crippen LogP contribution in [0, 0.1) is 5.92 Å². The molecule has 0 fully saturated rings. The molecule has 20 heavy (non-hydrogen) atoms. The molecule has 7 heteroatoms. The predicted molar refractivity (Wildman–Crippen MR) is 78.8 cm³/mol. The fourth-order valence-corrected chi connectivity index (χ4v) is 2.39. The maximum Gasteiger partial charge on any atom is 0.260 e. The van der Waals surface area contributed by atoms with E-state index in [1.165, 1.54) is 0 Å². The van der Waals surface area contributed by atoms with Crippen LogP contribution in [0.5, 0.6) is 0 Å². The van der Waals surface area contributed by atoms with E-state index < -0.39 is 0 Å². The number of benzene rings is 1. The Labute approximate surface area is 127 Å². The van der Waals surface area contributed by atoms with Crippen molar-refractivity contribution in [3.8, 4) is 11.5 Å². The fourth-order valence-electron chi connectivity index (χ4n) is 1.90. The maximum atomic E-state index is 5.99. The Bertz CT molecular complexity index is 614. The molecule has 0 spiro atoms. The number of nitrogens with zero attached hydrogens (tertiary/aromatic N) is 2. The van der Waals surface area contributed by atoms with Crippen LogP contribution in [0.3, 0.4) is 0 Å². The summed E-state index contributed by atoms with van der Waals surface area (Å²) in [6.07, 6.45) is -0.247. The summed E-state index contributed by atoms with van der Waals surface area (Å²) in [6, 6.07) is 3.20. The third kappa shape index (κ3) is 2.90. The van der Waals surface area contributed by atoms with Crippen molar-refractivity contribution in [2.45, 2.75) is 20.0 Å². The Hall–Kier alpha value is -1.30. The Morgan fingerprint density at radius 1 is 1.30 bits per heavy atom. The van der Waals surface area contributed by atoms with Gasteiger partial charge < -0.3 is 15.0 Å². The summed E-state index contributed by atoms with van der Waals surface area (Å²) in [6.45, 7) is 4.02. The molecule has 5 nitrogen and oxygen atoms in total. The normalized spacial score (nSPS) is 12.9. The molecule has 0 saturated carbocycles. The number of rotatable bonds is 4. The van der Waals surface area contributed by atoms with Crippen molar-refractivity contribution in [3.63, 3.8) is 0 Å². The van der Waals surface area contributed by atoms with Crippen molar-refractivity contribution in [2.24, 2.45) is 5.92 Å². The van der Waals surface area contributed by atoms with Crippen LogP contribution in [0.15, 0.2) is 16.7 Å². The van der Waals surface area contributed by atoms with Crippen molar-refractivity contribution in [1.29, 1.82) is 0 Å². The molecule has 1 unspecified atom stereocenters. The molecule has 1 aromatic carbocycles. The lowest BCUT2D eigenvalue weighted by Crippen LogP contribution is -2.10. The number of hydrogen-bond donors (Lipinski definition) is 1. The molecule has 1 heterocycles. The predicted octanol–water partition coefficient (Wildman–Crippen LogP) is 3.97. The molecule has 1 atom stereocenters. The third-order valence-corrected chi connectivity index (χ3v) is 3.41. The van der Waals surface area contributed by atoms with Gasteiger partial charge in [-0.2, -0.15) is 4.98 Å². The topological polar surface area (TPSA) is 74.2 Å². The number of halogens is 2. The minimum absolute atomic E-state index is 0.214. The highest BCUT2D eigenvalue weighted by molar-refractivity contribution is 6.37. The van der Waals surface area contributed by atoms with E-state index >= 15 is 0 Å². The van der Waals surface area contributed by atoms with Gasteiger partial charge in [0, 0.05) is 12.1 Å². The summed E-state index contributed by atoms with van der Waals surface area (Å²) in [4.78, 5) is 4.32. The Balaban J connectivity index is 2.43. The largest absolute Gasteiger partial charge is 0.397 e. The quantitative estimate of drug-likeness (QED) is 0.864. The van der Waals surface area contributed by atoms with E-state index in [1.807, 2.05) is 13.8 Å². The summed E-state index contributed by atoms with van der Waals surface area (Å²) in [5.74, 6) is 0.948. The lowest BCUT2D eigenvalue weighted by atomic mass is 10.1. The van der Waals surface area contributed by atoms with Crippen LogP contribution in [-0.2, 0) is 4.74 Å². The second kappa shape index (κ2) is 5.99. The van der Waals surface area contributed by atoms with Crippen LogP contribution >= 0.6 is 23.2 Å². The first kappa shape index (κ1) is 15.1. The first-order valence-electron chi connectivity index (χ1n) is 6.05. The molecule has 0 radical (unpaired) electrons. The van der Waals surface area contributed by atoms with Gasteiger partial charge in [-0.15, -0.1) is 0 Å². The molecule has 2 rings (SSSR count). The lowest BCUT2D eigenvalue weighted by molar-refractivity contribution is 0.0556. The van der Waals surface area contributed by atoms with Gasteiger partial charge in [-0.1, -0.05) is 42.2 Å². The van der Waals surface area contributed by atoms with Crippen LogP contribution in [-0.4, -0.2) is 17.3 Å². The highest BCUT2D eigenvalue weighted by Gasteiger charge is 2.23. The van der Waals surface area contributed by atoms with E-state index in [9.17, 15) is 0 Å². The van der Waals surface area contributed by atoms with Crippen LogP contribution in [0.4, 0.5) is 5.69 Å². The van der Waals surface area contributed by atoms with Crippen LogP contribution in [0.2, 0.25) is 10.0 Å². The average molecular weight is 316 g/mol. The summed E-state index contributed by atoms with van der Waals surface area (Å²) < 4.78 is 10.6. The third-order valence-electron chi connectivity index (χ3n) is 2.88. The minimum atomic E-state index is -0.247. The first-order chi connectivity index (χ1) is 9.43. The van der Waals surface area contributed by atoms with Gasteiger partial charge in [-0.25, -0.2) is 0 Å². The second-order valence-electron chi connectivity index (χ2n) is 4.71. The van der Waals surface area contributed by atoms with Gasteiger partial charge in [-0.3, -0.25) is 0 Å². The molecular weight excluding hydrogens is 301 g/mol. The number of hydrogen-bond acceptors (Lipinski definition) is 5. The molecule has 0 aliphatic rings. The number of nitrogen functional groups attached to an aromatic ring is 1. The number of aromatic nitrogens is 2. The molecular formula is C13H15Cl2N3O2. The van der Waals surface area contributed by atoms with E-state index in [0.29, 0.717) is 27.1 Å². The zero-order chi connectivity index (χ0) is 14.9. The van der Waals surface area contributed by atoms with Crippen molar-refractivity contribution >= 4 is 28.9 Å². The monoisotopic (exact) mass is 315 g/mol. The lowest BCUT2D eigenvalue weighted by Gasteiger charge is -2.14.